The van der Waals surface area contributed by atoms with Gasteiger partial charge in [-0.15, -0.1) is 0 Å². The van der Waals surface area contributed by atoms with E-state index in [0.29, 0.717) is 23.4 Å². The van der Waals surface area contributed by atoms with E-state index >= 15 is 0 Å². The van der Waals surface area contributed by atoms with Crippen molar-refractivity contribution < 1.29 is 9.53 Å². The van der Waals surface area contributed by atoms with Crippen LogP contribution < -0.4 is 16.4 Å². The normalized spacial score (nSPS) is 36.1. The minimum atomic E-state index is -0.231. The Morgan fingerprint density at radius 3 is 2.54 bits per heavy atom. The number of ether oxygens (including phenoxy) is 1. The van der Waals surface area contributed by atoms with Crippen LogP contribution in [0.3, 0.4) is 0 Å². The molecular weight excluding hydrogens is 506 g/mol. The summed E-state index contributed by atoms with van der Waals surface area (Å²) in [5.74, 6) is 4.38. The molecule has 236 valence electrons. The van der Waals surface area contributed by atoms with Crippen LogP contribution in [0.15, 0.2) is 11.6 Å². The van der Waals surface area contributed by atoms with Crippen molar-refractivity contribution in [3.8, 4) is 0 Å². The monoisotopic (exact) mass is 572 g/mol. The Hall–Kier alpha value is -1.07. The minimum absolute atomic E-state index is 0.0298. The number of unbranched alkanes of at least 4 members (excludes halogenated alkanes) is 2. The summed E-state index contributed by atoms with van der Waals surface area (Å²) in [6, 6.07) is 0.664. The number of amides is 1. The van der Waals surface area contributed by atoms with Gasteiger partial charge in [0.1, 0.15) is 6.10 Å². The maximum absolute atomic E-state index is 12.6. The van der Waals surface area contributed by atoms with Crippen molar-refractivity contribution in [2.24, 2.45) is 46.2 Å². The van der Waals surface area contributed by atoms with Gasteiger partial charge >= 0.3 is 6.09 Å². The van der Waals surface area contributed by atoms with Gasteiger partial charge in [-0.2, -0.15) is 0 Å². The third kappa shape index (κ3) is 8.11. The molecule has 3 fully saturated rings. The molecular formula is C36H65N3O2. The van der Waals surface area contributed by atoms with Crippen LogP contribution >= 0.6 is 0 Å². The molecule has 5 heteroatoms. The van der Waals surface area contributed by atoms with E-state index in [4.69, 9.17) is 10.5 Å². The summed E-state index contributed by atoms with van der Waals surface area (Å²) in [4.78, 5) is 12.6. The second-order valence-electron chi connectivity index (χ2n) is 15.7. The predicted octanol–water partition coefficient (Wildman–Crippen LogP) is 8.37. The van der Waals surface area contributed by atoms with Gasteiger partial charge in [0.25, 0.3) is 0 Å². The molecule has 5 nitrogen and oxygen atoms in total. The summed E-state index contributed by atoms with van der Waals surface area (Å²) < 4.78 is 5.95. The molecule has 41 heavy (non-hydrogen) atoms. The Balaban J connectivity index is 1.21. The fourth-order valence-corrected chi connectivity index (χ4v) is 9.88. The zero-order valence-electron chi connectivity index (χ0n) is 27.6. The number of alkyl carbamates (subject to hydrolysis) is 1. The Bertz CT molecular complexity index is 871. The Morgan fingerprint density at radius 2 is 1.78 bits per heavy atom. The van der Waals surface area contributed by atoms with Crippen LogP contribution in [0, 0.1) is 40.4 Å². The van der Waals surface area contributed by atoms with Crippen LogP contribution in [-0.2, 0) is 4.74 Å². The van der Waals surface area contributed by atoms with Gasteiger partial charge in [0.05, 0.1) is 0 Å². The number of carbonyl (C=O) groups is 1. The van der Waals surface area contributed by atoms with Gasteiger partial charge < -0.3 is 21.1 Å². The quantitative estimate of drug-likeness (QED) is 0.145. The summed E-state index contributed by atoms with van der Waals surface area (Å²) in [5, 5.41) is 6.52. The first-order valence-corrected chi connectivity index (χ1v) is 17.7. The molecule has 0 spiro atoms. The summed E-state index contributed by atoms with van der Waals surface area (Å²) in [5.41, 5.74) is 8.35. The van der Waals surface area contributed by atoms with E-state index in [2.05, 4.69) is 51.3 Å². The smallest absolute Gasteiger partial charge is 0.407 e. The van der Waals surface area contributed by atoms with E-state index in [1.165, 1.54) is 64.2 Å². The van der Waals surface area contributed by atoms with E-state index < -0.39 is 0 Å². The third-order valence-electron chi connectivity index (χ3n) is 12.2. The number of carbonyl (C=O) groups excluding carboxylic acids is 1. The molecule has 9 unspecified atom stereocenters. The zero-order valence-corrected chi connectivity index (χ0v) is 27.6. The number of nitrogens with two attached hydrogens (primary N) is 1. The predicted molar refractivity (Wildman–Crippen MR) is 172 cm³/mol. The number of hydrogen-bond acceptors (Lipinski definition) is 4. The Labute approximate surface area is 253 Å². The molecule has 4 rings (SSSR count). The molecule has 0 aromatic heterocycles. The summed E-state index contributed by atoms with van der Waals surface area (Å²) in [7, 11) is 0. The number of fused-ring (bicyclic) bond motifs is 5. The molecule has 3 saturated carbocycles. The number of hydrogen-bond donors (Lipinski definition) is 3. The van der Waals surface area contributed by atoms with E-state index in [1.54, 1.807) is 5.57 Å². The van der Waals surface area contributed by atoms with Gasteiger partial charge in [-0.25, -0.2) is 4.79 Å². The molecule has 4 aliphatic carbocycles. The molecule has 0 radical (unpaired) electrons. The fourth-order valence-electron chi connectivity index (χ4n) is 9.88. The van der Waals surface area contributed by atoms with E-state index in [0.717, 1.165) is 68.2 Å². The van der Waals surface area contributed by atoms with E-state index in [1.807, 2.05) is 6.92 Å². The number of allylic oxidation sites excluding steroid dienone is 1. The fraction of sp³-hybridized carbons (Fsp3) is 0.917. The number of nitrogens with one attached hydrogen (secondary N) is 2. The molecule has 0 aliphatic heterocycles. The highest BCUT2D eigenvalue weighted by Gasteiger charge is 2.58. The Morgan fingerprint density at radius 1 is 1.00 bits per heavy atom. The maximum atomic E-state index is 12.6. The lowest BCUT2D eigenvalue weighted by molar-refractivity contribution is -0.0519. The standard InChI is InChI=1S/C36H65N3O2/c1-25(2)11-7-8-12-28-14-16-32-31-15-13-29-24-30(17-19-36(29,6)33(31)18-20-35(28,32)5)41-34(40)39-22-10-9-21-38-27(4)23-26(3)37/h13,25-28,30-33,38H,7-12,14-24,37H2,1-6H3,(H,39,40). The molecule has 0 aromatic carbocycles. The average Bonchev–Trinajstić information content (AvgIpc) is 3.24. The van der Waals surface area contributed by atoms with Crippen molar-refractivity contribution in [2.45, 2.75) is 156 Å². The maximum Gasteiger partial charge on any atom is 0.407 e. The average molecular weight is 572 g/mol. The van der Waals surface area contributed by atoms with Crippen LogP contribution in [0.4, 0.5) is 4.79 Å². The van der Waals surface area contributed by atoms with Gasteiger partial charge in [0.2, 0.25) is 0 Å². The highest BCUT2D eigenvalue weighted by atomic mass is 16.6. The lowest BCUT2D eigenvalue weighted by atomic mass is 9.47. The third-order valence-corrected chi connectivity index (χ3v) is 12.2. The topological polar surface area (TPSA) is 76.4 Å². The van der Waals surface area contributed by atoms with Crippen LogP contribution in [-0.4, -0.2) is 37.4 Å². The first-order chi connectivity index (χ1) is 19.5. The van der Waals surface area contributed by atoms with Crippen LogP contribution in [0.25, 0.3) is 0 Å². The second-order valence-corrected chi connectivity index (χ2v) is 15.7. The first kappa shape index (κ1) is 32.8. The molecule has 4 N–H and O–H groups in total. The lowest BCUT2D eigenvalue weighted by Gasteiger charge is -2.58. The summed E-state index contributed by atoms with van der Waals surface area (Å²) >= 11 is 0. The van der Waals surface area contributed by atoms with Crippen LogP contribution in [0.1, 0.15) is 138 Å². The SMILES string of the molecule is CC(C)CCCCC1CCC2C3CC=C4CC(OC(=O)NCCCCNC(C)CC(C)N)CCC4(C)C3CCC12C. The molecule has 9 atom stereocenters. The number of rotatable bonds is 14. The highest BCUT2D eigenvalue weighted by Crippen LogP contribution is 2.66. The first-order valence-electron chi connectivity index (χ1n) is 17.7. The molecule has 0 aromatic rings. The molecule has 1 amide bonds. The van der Waals surface area contributed by atoms with Crippen molar-refractivity contribution in [3.05, 3.63) is 11.6 Å². The van der Waals surface area contributed by atoms with Crippen molar-refractivity contribution >= 4 is 6.09 Å². The van der Waals surface area contributed by atoms with Gasteiger partial charge in [-0.3, -0.25) is 0 Å². The van der Waals surface area contributed by atoms with Crippen molar-refractivity contribution in [3.63, 3.8) is 0 Å². The van der Waals surface area contributed by atoms with Gasteiger partial charge in [0, 0.05) is 25.0 Å². The summed E-state index contributed by atoms with van der Waals surface area (Å²) in [6.07, 6.45) is 21.2. The zero-order chi connectivity index (χ0) is 29.6. The van der Waals surface area contributed by atoms with Gasteiger partial charge in [-0.1, -0.05) is 58.6 Å². The van der Waals surface area contributed by atoms with Gasteiger partial charge in [-0.05, 0) is 131 Å². The summed E-state index contributed by atoms with van der Waals surface area (Å²) in [6.45, 7) is 15.8. The van der Waals surface area contributed by atoms with Crippen LogP contribution in [0.2, 0.25) is 0 Å². The Kier molecular flexibility index (Phi) is 11.7. The van der Waals surface area contributed by atoms with Crippen molar-refractivity contribution in [1.82, 2.24) is 10.6 Å². The largest absolute Gasteiger partial charge is 0.446 e. The van der Waals surface area contributed by atoms with E-state index in [9.17, 15) is 4.79 Å². The van der Waals surface area contributed by atoms with E-state index in [-0.39, 0.29) is 18.2 Å². The molecule has 0 saturated heterocycles. The second kappa shape index (κ2) is 14.6. The molecule has 0 bridgehead atoms. The van der Waals surface area contributed by atoms with Crippen LogP contribution in [0.5, 0.6) is 0 Å². The van der Waals surface area contributed by atoms with Crippen molar-refractivity contribution in [2.75, 3.05) is 13.1 Å². The highest BCUT2D eigenvalue weighted by molar-refractivity contribution is 5.67. The van der Waals surface area contributed by atoms with Crippen molar-refractivity contribution in [1.29, 1.82) is 0 Å². The van der Waals surface area contributed by atoms with Gasteiger partial charge in [0.15, 0.2) is 0 Å². The minimum Gasteiger partial charge on any atom is -0.446 e. The molecule has 0 heterocycles. The molecule has 4 aliphatic rings. The lowest BCUT2D eigenvalue weighted by Crippen LogP contribution is -2.50.